The SMILES string of the molecule is CC(=N)N(C)C1CCS(=O)(=O)C1. The van der Waals surface area contributed by atoms with Gasteiger partial charge in [0.15, 0.2) is 9.84 Å². The largest absolute Gasteiger partial charge is 0.360 e. The fraction of sp³-hybridized carbons (Fsp3) is 0.857. The average Bonchev–Trinajstić information content (AvgIpc) is 2.28. The van der Waals surface area contributed by atoms with Gasteiger partial charge in [-0.2, -0.15) is 0 Å². The van der Waals surface area contributed by atoms with E-state index in [1.165, 1.54) is 0 Å². The Morgan fingerprint density at radius 1 is 1.58 bits per heavy atom. The molecule has 0 aromatic heterocycles. The normalized spacial score (nSPS) is 27.0. The molecule has 4 nitrogen and oxygen atoms in total. The molecule has 0 aromatic rings. The Kier molecular flexibility index (Phi) is 2.41. The summed E-state index contributed by atoms with van der Waals surface area (Å²) in [5.41, 5.74) is 0. The van der Waals surface area contributed by atoms with Crippen molar-refractivity contribution in [1.82, 2.24) is 4.90 Å². The highest BCUT2D eigenvalue weighted by Gasteiger charge is 2.30. The third-order valence-corrected chi connectivity index (χ3v) is 4.04. The number of nitrogens with one attached hydrogen (secondary N) is 1. The van der Waals surface area contributed by atoms with Crippen molar-refractivity contribution < 1.29 is 8.42 Å². The molecular weight excluding hydrogens is 176 g/mol. The minimum Gasteiger partial charge on any atom is -0.360 e. The lowest BCUT2D eigenvalue weighted by molar-refractivity contribution is 0.392. The average molecular weight is 190 g/mol. The summed E-state index contributed by atoms with van der Waals surface area (Å²) in [4.78, 5) is 1.73. The van der Waals surface area contributed by atoms with Crippen LogP contribution in [0.15, 0.2) is 0 Å². The molecule has 0 saturated carbocycles. The summed E-state index contributed by atoms with van der Waals surface area (Å²) < 4.78 is 22.1. The van der Waals surface area contributed by atoms with Crippen molar-refractivity contribution in [3.8, 4) is 0 Å². The summed E-state index contributed by atoms with van der Waals surface area (Å²) in [5.74, 6) is 0.909. The molecule has 1 heterocycles. The van der Waals surface area contributed by atoms with Gasteiger partial charge in [0.25, 0.3) is 0 Å². The number of hydrogen-bond donors (Lipinski definition) is 1. The van der Waals surface area contributed by atoms with E-state index in [1.807, 2.05) is 0 Å². The van der Waals surface area contributed by atoms with E-state index in [-0.39, 0.29) is 17.5 Å². The molecule has 1 saturated heterocycles. The summed E-state index contributed by atoms with van der Waals surface area (Å²) in [5, 5.41) is 7.33. The molecule has 0 bridgehead atoms. The molecule has 70 valence electrons. The summed E-state index contributed by atoms with van der Waals surface area (Å²) in [6, 6.07) is 0.0208. The van der Waals surface area contributed by atoms with Crippen molar-refractivity contribution in [2.75, 3.05) is 18.6 Å². The lowest BCUT2D eigenvalue weighted by atomic mass is 10.2. The number of rotatable bonds is 1. The summed E-state index contributed by atoms with van der Waals surface area (Å²) in [6.45, 7) is 1.67. The van der Waals surface area contributed by atoms with Crippen LogP contribution in [0.3, 0.4) is 0 Å². The first-order valence-corrected chi connectivity index (χ1v) is 5.73. The zero-order valence-corrected chi connectivity index (χ0v) is 8.19. The van der Waals surface area contributed by atoms with Crippen LogP contribution in [0, 0.1) is 5.41 Å². The quantitative estimate of drug-likeness (QED) is 0.471. The van der Waals surface area contributed by atoms with Gasteiger partial charge < -0.3 is 4.90 Å². The monoisotopic (exact) mass is 190 g/mol. The van der Waals surface area contributed by atoms with Gasteiger partial charge in [0, 0.05) is 13.1 Å². The Bertz CT molecular complexity index is 284. The van der Waals surface area contributed by atoms with Crippen LogP contribution >= 0.6 is 0 Å². The smallest absolute Gasteiger partial charge is 0.152 e. The Hall–Kier alpha value is -0.580. The van der Waals surface area contributed by atoms with Gasteiger partial charge in [-0.05, 0) is 13.3 Å². The minimum absolute atomic E-state index is 0.0208. The molecule has 1 N–H and O–H groups in total. The van der Waals surface area contributed by atoms with Gasteiger partial charge in [0.1, 0.15) is 0 Å². The summed E-state index contributed by atoms with van der Waals surface area (Å²) in [7, 11) is -1.04. The van der Waals surface area contributed by atoms with Crippen LogP contribution in [0.25, 0.3) is 0 Å². The van der Waals surface area contributed by atoms with E-state index in [0.29, 0.717) is 12.3 Å². The van der Waals surface area contributed by atoms with Gasteiger partial charge in [-0.3, -0.25) is 5.41 Å². The fourth-order valence-electron chi connectivity index (χ4n) is 1.35. The van der Waals surface area contributed by atoms with Crippen molar-refractivity contribution in [3.63, 3.8) is 0 Å². The number of hydrogen-bond acceptors (Lipinski definition) is 3. The van der Waals surface area contributed by atoms with Crippen LogP contribution < -0.4 is 0 Å². The summed E-state index contributed by atoms with van der Waals surface area (Å²) in [6.07, 6.45) is 0.662. The van der Waals surface area contributed by atoms with Crippen LogP contribution in [-0.2, 0) is 9.84 Å². The predicted molar refractivity (Wildman–Crippen MR) is 48.2 cm³/mol. The maximum Gasteiger partial charge on any atom is 0.152 e. The van der Waals surface area contributed by atoms with Crippen LogP contribution in [0.5, 0.6) is 0 Å². The third kappa shape index (κ3) is 1.97. The van der Waals surface area contributed by atoms with Crippen LogP contribution in [0.2, 0.25) is 0 Å². The second kappa shape index (κ2) is 3.05. The van der Waals surface area contributed by atoms with E-state index in [4.69, 9.17) is 5.41 Å². The molecule has 0 aromatic carbocycles. The predicted octanol–water partition coefficient (Wildman–Crippen LogP) is 0.102. The Morgan fingerprint density at radius 3 is 2.50 bits per heavy atom. The highest BCUT2D eigenvalue weighted by molar-refractivity contribution is 7.91. The van der Waals surface area contributed by atoms with Gasteiger partial charge in [0.2, 0.25) is 0 Å². The Balaban J connectivity index is 2.64. The van der Waals surface area contributed by atoms with Gasteiger partial charge in [-0.25, -0.2) is 8.42 Å². The maximum absolute atomic E-state index is 11.1. The Labute approximate surface area is 73.0 Å². The topological polar surface area (TPSA) is 61.2 Å². The van der Waals surface area contributed by atoms with Crippen molar-refractivity contribution in [2.45, 2.75) is 19.4 Å². The van der Waals surface area contributed by atoms with E-state index in [2.05, 4.69) is 0 Å². The second-order valence-corrected chi connectivity index (χ2v) is 5.48. The van der Waals surface area contributed by atoms with Crippen molar-refractivity contribution in [3.05, 3.63) is 0 Å². The van der Waals surface area contributed by atoms with Gasteiger partial charge in [0.05, 0.1) is 17.3 Å². The van der Waals surface area contributed by atoms with Crippen LogP contribution in [0.1, 0.15) is 13.3 Å². The standard InChI is InChI=1S/C7H14N2O2S/c1-6(8)9(2)7-3-4-12(10,11)5-7/h7-8H,3-5H2,1-2H3. The third-order valence-electron chi connectivity index (χ3n) is 2.29. The van der Waals surface area contributed by atoms with Crippen LogP contribution in [0.4, 0.5) is 0 Å². The lowest BCUT2D eigenvalue weighted by Crippen LogP contribution is -2.35. The van der Waals surface area contributed by atoms with Crippen molar-refractivity contribution in [2.24, 2.45) is 0 Å². The molecule has 0 aliphatic carbocycles. The van der Waals surface area contributed by atoms with Gasteiger partial charge in [-0.1, -0.05) is 0 Å². The molecule has 12 heavy (non-hydrogen) atoms. The first-order valence-electron chi connectivity index (χ1n) is 3.91. The van der Waals surface area contributed by atoms with Crippen LogP contribution in [-0.4, -0.2) is 43.7 Å². The zero-order valence-electron chi connectivity index (χ0n) is 7.37. The highest BCUT2D eigenvalue weighted by Crippen LogP contribution is 2.16. The van der Waals surface area contributed by atoms with E-state index < -0.39 is 9.84 Å². The molecule has 1 aliphatic rings. The summed E-state index contributed by atoms with van der Waals surface area (Å²) >= 11 is 0. The second-order valence-electron chi connectivity index (χ2n) is 3.25. The maximum atomic E-state index is 11.1. The molecule has 0 radical (unpaired) electrons. The first kappa shape index (κ1) is 9.51. The molecule has 0 spiro atoms. The molecule has 1 atom stereocenters. The van der Waals surface area contributed by atoms with E-state index in [1.54, 1.807) is 18.9 Å². The Morgan fingerprint density at radius 2 is 2.17 bits per heavy atom. The fourth-order valence-corrected chi connectivity index (χ4v) is 3.13. The van der Waals surface area contributed by atoms with Gasteiger partial charge >= 0.3 is 0 Å². The molecule has 1 rings (SSSR count). The van der Waals surface area contributed by atoms with E-state index in [0.717, 1.165) is 0 Å². The molecule has 1 unspecified atom stereocenters. The van der Waals surface area contributed by atoms with E-state index in [9.17, 15) is 8.42 Å². The molecule has 1 fully saturated rings. The zero-order chi connectivity index (χ0) is 9.35. The number of sulfone groups is 1. The van der Waals surface area contributed by atoms with Gasteiger partial charge in [-0.15, -0.1) is 0 Å². The van der Waals surface area contributed by atoms with Crippen molar-refractivity contribution >= 4 is 15.7 Å². The van der Waals surface area contributed by atoms with Crippen molar-refractivity contribution in [1.29, 1.82) is 5.41 Å². The highest BCUT2D eigenvalue weighted by atomic mass is 32.2. The molecular formula is C7H14N2O2S. The first-order chi connectivity index (χ1) is 5.42. The lowest BCUT2D eigenvalue weighted by Gasteiger charge is -2.23. The number of nitrogens with zero attached hydrogens (tertiary/aromatic N) is 1. The molecule has 5 heteroatoms. The molecule has 1 aliphatic heterocycles. The van der Waals surface area contributed by atoms with E-state index >= 15 is 0 Å². The molecule has 0 amide bonds. The minimum atomic E-state index is -2.81. The number of amidine groups is 1.